The molecule has 2 aliphatic rings. The van der Waals surface area contributed by atoms with E-state index >= 15 is 0 Å². The lowest BCUT2D eigenvalue weighted by Crippen LogP contribution is -2.48. The van der Waals surface area contributed by atoms with Crippen LogP contribution in [0.5, 0.6) is 5.75 Å². The Labute approximate surface area is 212 Å². The summed E-state index contributed by atoms with van der Waals surface area (Å²) < 4.78 is 5.91. The molecule has 4 amide bonds. The monoisotopic (exact) mass is 503 g/mol. The van der Waals surface area contributed by atoms with Crippen molar-refractivity contribution < 1.29 is 23.9 Å². The van der Waals surface area contributed by atoms with Gasteiger partial charge in [0.1, 0.15) is 12.4 Å². The highest BCUT2D eigenvalue weighted by molar-refractivity contribution is 6.30. The van der Waals surface area contributed by atoms with Gasteiger partial charge in [0.25, 0.3) is 23.6 Å². The van der Waals surface area contributed by atoms with E-state index in [2.05, 4.69) is 0 Å². The highest BCUT2D eigenvalue weighted by atomic mass is 35.5. The van der Waals surface area contributed by atoms with Crippen LogP contribution < -0.4 is 4.74 Å². The lowest BCUT2D eigenvalue weighted by Gasteiger charge is -2.29. The molecule has 0 aliphatic carbocycles. The third-order valence-corrected chi connectivity index (χ3v) is 6.48. The molecule has 2 heterocycles. The van der Waals surface area contributed by atoms with E-state index in [-0.39, 0.29) is 26.5 Å². The van der Waals surface area contributed by atoms with Crippen molar-refractivity contribution >= 4 is 35.2 Å². The number of amides is 4. The third kappa shape index (κ3) is 4.25. The fraction of sp³-hybridized carbons (Fsp3) is 0.185. The maximum atomic E-state index is 12.9. The first-order chi connectivity index (χ1) is 17.3. The largest absolute Gasteiger partial charge is 0.492 e. The van der Waals surface area contributed by atoms with Crippen LogP contribution in [-0.2, 0) is 0 Å². The van der Waals surface area contributed by atoms with Gasteiger partial charge in [-0.2, -0.15) is 0 Å². The van der Waals surface area contributed by atoms with Crippen LogP contribution in [0.15, 0.2) is 66.7 Å². The van der Waals surface area contributed by atoms with Crippen LogP contribution in [0.25, 0.3) is 0 Å². The Bertz CT molecular complexity index is 1260. The summed E-state index contributed by atoms with van der Waals surface area (Å²) in [6.45, 7) is 2.08. The molecule has 8 nitrogen and oxygen atoms in total. The standard InChI is InChI=1S/C27H22ClN3O5/c1-17-14-18(28)10-11-23(17)36-13-12-29(15-30-24(32)19-6-2-3-7-20(19)25(30)33)16-31-26(34)21-8-4-5-9-22(21)27(31)35/h2-11,14H,12-13,15-16H2,1H3. The van der Waals surface area contributed by atoms with E-state index in [1.54, 1.807) is 71.6 Å². The van der Waals surface area contributed by atoms with Gasteiger partial charge in [-0.15, -0.1) is 0 Å². The van der Waals surface area contributed by atoms with Crippen LogP contribution in [0.3, 0.4) is 0 Å². The number of benzene rings is 3. The quantitative estimate of drug-likeness (QED) is 0.434. The molecule has 0 saturated carbocycles. The molecule has 2 aliphatic heterocycles. The molecule has 0 bridgehead atoms. The van der Waals surface area contributed by atoms with Crippen molar-refractivity contribution in [2.75, 3.05) is 26.5 Å². The number of carbonyl (C=O) groups excluding carboxylic acids is 4. The van der Waals surface area contributed by atoms with Crippen molar-refractivity contribution in [1.29, 1.82) is 0 Å². The number of imide groups is 2. The van der Waals surface area contributed by atoms with E-state index in [1.165, 1.54) is 0 Å². The second-order valence-corrected chi connectivity index (χ2v) is 9.04. The van der Waals surface area contributed by atoms with E-state index in [9.17, 15) is 19.2 Å². The molecule has 0 saturated heterocycles. The fourth-order valence-corrected chi connectivity index (χ4v) is 4.61. The Balaban J connectivity index is 1.35. The summed E-state index contributed by atoms with van der Waals surface area (Å²) in [5.41, 5.74) is 2.18. The molecule has 0 N–H and O–H groups in total. The molecule has 0 radical (unpaired) electrons. The molecule has 3 aromatic rings. The summed E-state index contributed by atoms with van der Waals surface area (Å²) >= 11 is 6.02. The lowest BCUT2D eigenvalue weighted by atomic mass is 10.1. The van der Waals surface area contributed by atoms with Gasteiger partial charge < -0.3 is 4.74 Å². The van der Waals surface area contributed by atoms with E-state index < -0.39 is 23.6 Å². The summed E-state index contributed by atoms with van der Waals surface area (Å²) in [6, 6.07) is 18.5. The highest BCUT2D eigenvalue weighted by Gasteiger charge is 2.39. The van der Waals surface area contributed by atoms with Gasteiger partial charge in [-0.3, -0.25) is 33.9 Å². The molecule has 0 atom stereocenters. The first-order valence-electron chi connectivity index (χ1n) is 11.4. The molecule has 0 spiro atoms. The van der Waals surface area contributed by atoms with Gasteiger partial charge in [-0.1, -0.05) is 35.9 Å². The van der Waals surface area contributed by atoms with Gasteiger partial charge in [0, 0.05) is 11.6 Å². The summed E-state index contributed by atoms with van der Waals surface area (Å²) in [5.74, 6) is -1.04. The van der Waals surface area contributed by atoms with E-state index in [1.807, 2.05) is 6.92 Å². The van der Waals surface area contributed by atoms with Crippen LogP contribution in [0.2, 0.25) is 5.02 Å². The molecule has 36 heavy (non-hydrogen) atoms. The van der Waals surface area contributed by atoms with Crippen LogP contribution in [0.4, 0.5) is 0 Å². The first kappa shape index (κ1) is 23.7. The SMILES string of the molecule is Cc1cc(Cl)ccc1OCCN(CN1C(=O)c2ccccc2C1=O)CN1C(=O)c2ccccc2C1=O. The van der Waals surface area contributed by atoms with Crippen LogP contribution in [-0.4, -0.2) is 64.8 Å². The fourth-order valence-electron chi connectivity index (χ4n) is 4.38. The van der Waals surface area contributed by atoms with Crippen molar-refractivity contribution in [3.8, 4) is 5.75 Å². The number of fused-ring (bicyclic) bond motifs is 2. The second-order valence-electron chi connectivity index (χ2n) is 8.60. The van der Waals surface area contributed by atoms with Gasteiger partial charge in [0.05, 0.1) is 35.6 Å². The number of ether oxygens (including phenoxy) is 1. The predicted molar refractivity (Wildman–Crippen MR) is 132 cm³/mol. The molecule has 0 aromatic heterocycles. The number of aryl methyl sites for hydroxylation is 1. The van der Waals surface area contributed by atoms with Crippen LogP contribution >= 0.6 is 11.6 Å². The summed E-state index contributed by atoms with van der Waals surface area (Å²) in [4.78, 5) is 55.7. The van der Waals surface area contributed by atoms with Gasteiger partial charge in [-0.05, 0) is 55.0 Å². The Kier molecular flexibility index (Phi) is 6.30. The average Bonchev–Trinajstić information content (AvgIpc) is 3.26. The lowest BCUT2D eigenvalue weighted by molar-refractivity contribution is 0.0369. The van der Waals surface area contributed by atoms with Crippen molar-refractivity contribution in [2.45, 2.75) is 6.92 Å². The molecule has 3 aromatic carbocycles. The zero-order valence-electron chi connectivity index (χ0n) is 19.4. The smallest absolute Gasteiger partial charge is 0.262 e. The van der Waals surface area contributed by atoms with Gasteiger partial charge in [-0.25, -0.2) is 0 Å². The Morgan fingerprint density at radius 2 is 1.17 bits per heavy atom. The Hall–Kier alpha value is -4.01. The van der Waals surface area contributed by atoms with Crippen LogP contribution in [0, 0.1) is 6.92 Å². The summed E-state index contributed by atoms with van der Waals surface area (Å²) in [5, 5.41) is 0.595. The summed E-state index contributed by atoms with van der Waals surface area (Å²) in [6.07, 6.45) is 0. The Morgan fingerprint density at radius 1 is 0.722 bits per heavy atom. The van der Waals surface area contributed by atoms with Crippen molar-refractivity contribution in [1.82, 2.24) is 14.7 Å². The average molecular weight is 504 g/mol. The van der Waals surface area contributed by atoms with Gasteiger partial charge >= 0.3 is 0 Å². The number of carbonyl (C=O) groups is 4. The van der Waals surface area contributed by atoms with E-state index in [0.29, 0.717) is 33.0 Å². The van der Waals surface area contributed by atoms with E-state index in [0.717, 1.165) is 15.4 Å². The number of hydrogen-bond acceptors (Lipinski definition) is 6. The minimum atomic E-state index is -0.419. The van der Waals surface area contributed by atoms with Crippen LogP contribution in [0.1, 0.15) is 47.0 Å². The maximum Gasteiger partial charge on any atom is 0.262 e. The highest BCUT2D eigenvalue weighted by Crippen LogP contribution is 2.26. The van der Waals surface area contributed by atoms with Crippen molar-refractivity contribution in [2.24, 2.45) is 0 Å². The predicted octanol–water partition coefficient (Wildman–Crippen LogP) is 3.84. The second kappa shape index (κ2) is 9.56. The molecule has 9 heteroatoms. The number of hydrogen-bond donors (Lipinski definition) is 0. The Morgan fingerprint density at radius 3 is 1.58 bits per heavy atom. The van der Waals surface area contributed by atoms with Gasteiger partial charge in [0.15, 0.2) is 0 Å². The molecular formula is C27H22ClN3O5. The normalized spacial score (nSPS) is 14.6. The molecule has 0 unspecified atom stereocenters. The number of nitrogens with zero attached hydrogens (tertiary/aromatic N) is 3. The third-order valence-electron chi connectivity index (χ3n) is 6.24. The zero-order valence-corrected chi connectivity index (χ0v) is 20.2. The zero-order chi connectivity index (χ0) is 25.4. The van der Waals surface area contributed by atoms with Crippen molar-refractivity contribution in [3.05, 3.63) is 99.6 Å². The minimum Gasteiger partial charge on any atom is -0.492 e. The molecule has 0 fully saturated rings. The molecule has 5 rings (SSSR count). The minimum absolute atomic E-state index is 0.108. The number of halogens is 1. The number of rotatable bonds is 8. The van der Waals surface area contributed by atoms with Crippen molar-refractivity contribution in [3.63, 3.8) is 0 Å². The maximum absolute atomic E-state index is 12.9. The summed E-state index contributed by atoms with van der Waals surface area (Å²) in [7, 11) is 0. The molecular weight excluding hydrogens is 482 g/mol. The first-order valence-corrected chi connectivity index (χ1v) is 11.7. The van der Waals surface area contributed by atoms with Gasteiger partial charge in [0.2, 0.25) is 0 Å². The topological polar surface area (TPSA) is 87.2 Å². The molecule has 182 valence electrons. The van der Waals surface area contributed by atoms with E-state index in [4.69, 9.17) is 16.3 Å².